The zero-order chi connectivity index (χ0) is 46.5. The van der Waals surface area contributed by atoms with Gasteiger partial charge in [-0.1, -0.05) is 243 Å². The molecule has 0 N–H and O–H groups in total. The van der Waals surface area contributed by atoms with Gasteiger partial charge in [0.1, 0.15) is 0 Å². The van der Waals surface area contributed by atoms with Crippen molar-refractivity contribution in [1.82, 2.24) is 0 Å². The van der Waals surface area contributed by atoms with Crippen LogP contribution in [-0.2, 0) is 19.5 Å². The molecule has 8 heteroatoms. The first-order valence-corrected chi connectivity index (χ1v) is 25.9. The molecule has 0 aliphatic heterocycles. The van der Waals surface area contributed by atoms with Crippen LogP contribution in [0.2, 0.25) is 0 Å². The second kappa shape index (κ2) is 27.5. The van der Waals surface area contributed by atoms with E-state index in [4.69, 9.17) is 0 Å². The molecule has 0 bridgehead atoms. The SMILES string of the molecule is C1=C\CC/C=C\CC/1.C1=C\CC/C=C\CC/1.F[B-](F)(F)F.[Rh].c1ccc(P(c2ccccc2)c2ccc3ccccc3c2-c2c(P(c3ccccc3)c3ccccc3)ccc3ccccc23)cc1. The van der Waals surface area contributed by atoms with E-state index in [-0.39, 0.29) is 19.5 Å². The van der Waals surface area contributed by atoms with Crippen LogP contribution in [0.15, 0.2) is 243 Å². The second-order valence-electron chi connectivity index (χ2n) is 16.1. The van der Waals surface area contributed by atoms with Crippen molar-refractivity contribution in [3.05, 3.63) is 243 Å². The third-order valence-corrected chi connectivity index (χ3v) is 16.2. The van der Waals surface area contributed by atoms with Gasteiger partial charge in [-0.3, -0.25) is 0 Å². The normalized spacial score (nSPS) is 15.2. The van der Waals surface area contributed by atoms with E-state index in [1.165, 1.54) is 116 Å². The maximum absolute atomic E-state index is 9.75. The molecule has 347 valence electrons. The van der Waals surface area contributed by atoms with Crippen molar-refractivity contribution in [2.45, 2.75) is 51.4 Å². The van der Waals surface area contributed by atoms with Crippen LogP contribution in [-0.4, -0.2) is 7.25 Å². The zero-order valence-electron chi connectivity index (χ0n) is 38.1. The molecule has 0 atom stereocenters. The van der Waals surface area contributed by atoms with Gasteiger partial charge in [-0.05, 0) is 132 Å². The second-order valence-corrected chi connectivity index (χ2v) is 20.4. The number of fused-ring (bicyclic) bond motifs is 2. The van der Waals surface area contributed by atoms with E-state index in [1.807, 2.05) is 0 Å². The van der Waals surface area contributed by atoms with Crippen LogP contribution >= 0.6 is 15.8 Å². The molecule has 0 unspecified atom stereocenters. The molecule has 0 fully saturated rings. The van der Waals surface area contributed by atoms with Crippen molar-refractivity contribution < 1.29 is 36.7 Å². The minimum absolute atomic E-state index is 0. The van der Waals surface area contributed by atoms with Crippen LogP contribution in [0.5, 0.6) is 0 Å². The Balaban J connectivity index is 0.000000286. The molecule has 8 aromatic rings. The number of hydrogen-bond donors (Lipinski definition) is 0. The summed E-state index contributed by atoms with van der Waals surface area (Å²) >= 11 is 0. The van der Waals surface area contributed by atoms with E-state index >= 15 is 0 Å². The molecule has 2 aliphatic rings. The summed E-state index contributed by atoms with van der Waals surface area (Å²) in [7, 11) is -7.70. The van der Waals surface area contributed by atoms with Crippen LogP contribution in [0.4, 0.5) is 17.3 Å². The van der Waals surface area contributed by atoms with E-state index in [0.717, 1.165) is 0 Å². The van der Waals surface area contributed by atoms with Gasteiger partial charge in [-0.25, -0.2) is 0 Å². The van der Waals surface area contributed by atoms with Gasteiger partial charge in [-0.2, -0.15) is 0 Å². The fraction of sp³-hybridized carbons (Fsp3) is 0.133. The molecule has 10 rings (SSSR count). The number of allylic oxidation sites excluding steroid dienone is 8. The van der Waals surface area contributed by atoms with E-state index in [0.29, 0.717) is 0 Å². The van der Waals surface area contributed by atoms with Crippen LogP contribution in [0.1, 0.15) is 51.4 Å². The summed E-state index contributed by atoms with van der Waals surface area (Å²) in [5.41, 5.74) is 2.70. The predicted molar refractivity (Wildman–Crippen MR) is 288 cm³/mol. The van der Waals surface area contributed by atoms with E-state index in [2.05, 4.69) is 243 Å². The summed E-state index contributed by atoms with van der Waals surface area (Å²) in [4.78, 5) is 0. The van der Waals surface area contributed by atoms with Crippen molar-refractivity contribution in [2.75, 3.05) is 0 Å². The molecular formula is C60H56BF4P2Rh-. The minimum Gasteiger partial charge on any atom is -0.418 e. The first-order chi connectivity index (χ1) is 32.9. The molecule has 8 aromatic carbocycles. The largest absolute Gasteiger partial charge is 0.673 e. The Kier molecular flexibility index (Phi) is 21.0. The summed E-state index contributed by atoms with van der Waals surface area (Å²) in [5.74, 6) is 0. The molecule has 0 heterocycles. The average Bonchev–Trinajstić information content (AvgIpc) is 3.33. The topological polar surface area (TPSA) is 0 Å². The van der Waals surface area contributed by atoms with Crippen molar-refractivity contribution in [1.29, 1.82) is 0 Å². The smallest absolute Gasteiger partial charge is 0.418 e. The fourth-order valence-electron chi connectivity index (χ4n) is 8.29. The zero-order valence-corrected chi connectivity index (χ0v) is 41.5. The summed E-state index contributed by atoms with van der Waals surface area (Å²) < 4.78 is 39.0. The molecule has 0 saturated carbocycles. The molecule has 0 nitrogen and oxygen atoms in total. The molecule has 1 radical (unpaired) electrons. The summed E-state index contributed by atoms with van der Waals surface area (Å²) in [6, 6.07) is 71.8. The average molecular weight is 1030 g/mol. The third-order valence-electron chi connectivity index (χ3n) is 11.3. The van der Waals surface area contributed by atoms with Gasteiger partial charge in [-0.15, -0.1) is 0 Å². The predicted octanol–water partition coefficient (Wildman–Crippen LogP) is 15.8. The summed E-state index contributed by atoms with van der Waals surface area (Å²) in [5, 5.41) is 13.3. The number of hydrogen-bond acceptors (Lipinski definition) is 0. The quantitative estimate of drug-likeness (QED) is 0.0646. The van der Waals surface area contributed by atoms with Gasteiger partial charge < -0.3 is 17.3 Å². The Morgan fingerprint density at radius 3 is 0.750 bits per heavy atom. The van der Waals surface area contributed by atoms with E-state index in [1.54, 1.807) is 0 Å². The van der Waals surface area contributed by atoms with Crippen molar-refractivity contribution in [2.24, 2.45) is 0 Å². The Hall–Kier alpha value is -5.49. The molecule has 2 aliphatic carbocycles. The van der Waals surface area contributed by atoms with Gasteiger partial charge in [0.2, 0.25) is 0 Å². The Morgan fingerprint density at radius 2 is 0.500 bits per heavy atom. The van der Waals surface area contributed by atoms with Gasteiger partial charge in [0.25, 0.3) is 0 Å². The third kappa shape index (κ3) is 15.3. The van der Waals surface area contributed by atoms with Crippen LogP contribution in [0, 0.1) is 0 Å². The molecular weight excluding hydrogens is 972 g/mol. The monoisotopic (exact) mass is 1030 g/mol. The van der Waals surface area contributed by atoms with Gasteiger partial charge >= 0.3 is 7.25 Å². The van der Waals surface area contributed by atoms with Crippen molar-refractivity contribution in [3.63, 3.8) is 0 Å². The summed E-state index contributed by atoms with van der Waals surface area (Å²) in [6.07, 6.45) is 28.0. The van der Waals surface area contributed by atoms with Gasteiger partial charge in [0.15, 0.2) is 0 Å². The maximum atomic E-state index is 9.75. The maximum Gasteiger partial charge on any atom is 0.673 e. The fourth-order valence-corrected chi connectivity index (χ4v) is 13.2. The first-order valence-electron chi connectivity index (χ1n) is 23.2. The molecule has 0 aromatic heterocycles. The summed E-state index contributed by atoms with van der Waals surface area (Å²) in [6.45, 7) is 0. The molecule has 0 saturated heterocycles. The molecule has 68 heavy (non-hydrogen) atoms. The Labute approximate surface area is 416 Å². The van der Waals surface area contributed by atoms with Crippen LogP contribution < -0.4 is 31.8 Å². The van der Waals surface area contributed by atoms with E-state index < -0.39 is 23.1 Å². The Bertz CT molecular complexity index is 2540. The number of benzene rings is 8. The van der Waals surface area contributed by atoms with Crippen LogP contribution in [0.3, 0.4) is 0 Å². The number of rotatable bonds is 7. The minimum atomic E-state index is -6.00. The Morgan fingerprint density at radius 1 is 0.279 bits per heavy atom. The van der Waals surface area contributed by atoms with E-state index in [9.17, 15) is 17.3 Å². The molecule has 0 amide bonds. The number of halogens is 4. The van der Waals surface area contributed by atoms with Crippen molar-refractivity contribution in [3.8, 4) is 11.1 Å². The van der Waals surface area contributed by atoms with Crippen molar-refractivity contribution >= 4 is 76.5 Å². The first kappa shape index (κ1) is 51.9. The molecule has 0 spiro atoms. The van der Waals surface area contributed by atoms with Crippen LogP contribution in [0.25, 0.3) is 32.7 Å². The van der Waals surface area contributed by atoms with Gasteiger partial charge in [0.05, 0.1) is 0 Å². The standard InChI is InChI=1S/C44H32P2.2C8H12.BF4.Rh/c1-5-19-35(20-6-1)45(36-21-7-2-8-22-36)41-31-29-33-17-13-15-27-39(33)43(41)44-40-28-16-14-18-34(40)30-32-42(44)46(37-23-9-3-10-24-37)38-25-11-4-12-26-38;2*1-2-4-6-8-7-5-3-1;2-1(3,4)5;/h1-32H;2*1-2,7-8H,3-6H2;;/q;;;-1;/b;2*2-1-,8-7-;;. The van der Waals surface area contributed by atoms with Gasteiger partial charge in [0, 0.05) is 19.5 Å².